The van der Waals surface area contributed by atoms with Crippen LogP contribution in [0.1, 0.15) is 44.2 Å². The molecule has 0 aliphatic heterocycles. The number of para-hydroxylation sites is 1. The molecule has 130 valence electrons. The van der Waals surface area contributed by atoms with Crippen LogP contribution < -0.4 is 10.0 Å². The molecule has 0 aromatic heterocycles. The zero-order chi connectivity index (χ0) is 17.7. The van der Waals surface area contributed by atoms with E-state index in [9.17, 15) is 8.42 Å². The molecule has 0 aliphatic rings. The van der Waals surface area contributed by atoms with Crippen LogP contribution in [0.5, 0.6) is 0 Å². The van der Waals surface area contributed by atoms with Crippen LogP contribution in [0.2, 0.25) is 0 Å². The van der Waals surface area contributed by atoms with Crippen LogP contribution in [-0.4, -0.2) is 14.2 Å². The van der Waals surface area contributed by atoms with Gasteiger partial charge in [0.15, 0.2) is 0 Å². The van der Waals surface area contributed by atoms with Gasteiger partial charge >= 0.3 is 0 Å². The fraction of sp³-hybridized carbons (Fsp3) is 0.368. The second-order valence-electron chi connectivity index (χ2n) is 6.32. The van der Waals surface area contributed by atoms with E-state index >= 15 is 0 Å². The van der Waals surface area contributed by atoms with Gasteiger partial charge < -0.3 is 5.32 Å². The Labute approximate surface area is 145 Å². The standard InChI is InChI=1S/C19H26N2O2S/c1-5-13-24(22,23)21-17-11-9-16(10-12-17)20-19-15(4)7-6-8-18(19)14(2)3/h6-12,14,20-21H,5,13H2,1-4H3. The summed E-state index contributed by atoms with van der Waals surface area (Å²) in [5.74, 6) is 0.557. The van der Waals surface area contributed by atoms with Crippen molar-refractivity contribution in [2.45, 2.75) is 40.0 Å². The first-order chi connectivity index (χ1) is 11.3. The van der Waals surface area contributed by atoms with Crippen LogP contribution >= 0.6 is 0 Å². The number of rotatable bonds is 7. The van der Waals surface area contributed by atoms with E-state index in [1.165, 1.54) is 11.1 Å². The first kappa shape index (κ1) is 18.3. The topological polar surface area (TPSA) is 58.2 Å². The maximum Gasteiger partial charge on any atom is 0.232 e. The summed E-state index contributed by atoms with van der Waals surface area (Å²) in [5, 5.41) is 3.46. The van der Waals surface area contributed by atoms with E-state index in [4.69, 9.17) is 0 Å². The summed E-state index contributed by atoms with van der Waals surface area (Å²) in [6.45, 7) is 8.28. The van der Waals surface area contributed by atoms with Gasteiger partial charge in [0.05, 0.1) is 5.75 Å². The molecule has 2 N–H and O–H groups in total. The van der Waals surface area contributed by atoms with E-state index in [1.54, 1.807) is 12.1 Å². The molecule has 2 aromatic carbocycles. The Balaban J connectivity index is 2.19. The third-order valence-electron chi connectivity index (χ3n) is 3.83. The lowest BCUT2D eigenvalue weighted by molar-refractivity contribution is 0.600. The molecule has 0 atom stereocenters. The summed E-state index contributed by atoms with van der Waals surface area (Å²) >= 11 is 0. The summed E-state index contributed by atoms with van der Waals surface area (Å²) in [7, 11) is -3.25. The lowest BCUT2D eigenvalue weighted by Crippen LogP contribution is -2.15. The van der Waals surface area contributed by atoms with Gasteiger partial charge in [0.25, 0.3) is 0 Å². The van der Waals surface area contributed by atoms with Crippen LogP contribution in [0.25, 0.3) is 0 Å². The number of hydrogen-bond donors (Lipinski definition) is 2. The molecule has 0 saturated heterocycles. The number of benzene rings is 2. The highest BCUT2D eigenvalue weighted by Gasteiger charge is 2.10. The largest absolute Gasteiger partial charge is 0.355 e. The van der Waals surface area contributed by atoms with Gasteiger partial charge in [0.1, 0.15) is 0 Å². The molecule has 0 heterocycles. The number of nitrogens with one attached hydrogen (secondary N) is 2. The molecule has 0 spiro atoms. The first-order valence-electron chi connectivity index (χ1n) is 8.29. The molecule has 24 heavy (non-hydrogen) atoms. The minimum absolute atomic E-state index is 0.133. The van der Waals surface area contributed by atoms with E-state index in [0.717, 1.165) is 11.4 Å². The Bertz CT molecular complexity index is 782. The van der Waals surface area contributed by atoms with E-state index in [2.05, 4.69) is 49.0 Å². The maximum atomic E-state index is 11.8. The predicted molar refractivity (Wildman–Crippen MR) is 103 cm³/mol. The number of hydrogen-bond acceptors (Lipinski definition) is 3. The molecule has 4 nitrogen and oxygen atoms in total. The lowest BCUT2D eigenvalue weighted by atomic mass is 9.98. The molecule has 0 amide bonds. The minimum Gasteiger partial charge on any atom is -0.355 e. The van der Waals surface area contributed by atoms with Crippen molar-refractivity contribution in [1.82, 2.24) is 0 Å². The normalized spacial score (nSPS) is 11.5. The van der Waals surface area contributed by atoms with Crippen LogP contribution in [0.4, 0.5) is 17.1 Å². The highest BCUT2D eigenvalue weighted by Crippen LogP contribution is 2.30. The summed E-state index contributed by atoms with van der Waals surface area (Å²) < 4.78 is 26.2. The molecular formula is C19H26N2O2S. The van der Waals surface area contributed by atoms with E-state index in [-0.39, 0.29) is 5.75 Å². The average Bonchev–Trinajstić information content (AvgIpc) is 2.50. The number of aryl methyl sites for hydroxylation is 1. The van der Waals surface area contributed by atoms with Crippen molar-refractivity contribution in [3.05, 3.63) is 53.6 Å². The fourth-order valence-corrected chi connectivity index (χ4v) is 3.74. The molecule has 0 saturated carbocycles. The number of anilines is 3. The second-order valence-corrected chi connectivity index (χ2v) is 8.16. The monoisotopic (exact) mass is 346 g/mol. The van der Waals surface area contributed by atoms with Crippen molar-refractivity contribution in [2.75, 3.05) is 15.8 Å². The zero-order valence-electron chi connectivity index (χ0n) is 14.8. The SMILES string of the molecule is CCCS(=O)(=O)Nc1ccc(Nc2c(C)cccc2C(C)C)cc1. The van der Waals surface area contributed by atoms with Crippen molar-refractivity contribution in [3.8, 4) is 0 Å². The van der Waals surface area contributed by atoms with Gasteiger partial charge in [-0.25, -0.2) is 8.42 Å². The van der Waals surface area contributed by atoms with Gasteiger partial charge in [0, 0.05) is 17.1 Å². The van der Waals surface area contributed by atoms with E-state index < -0.39 is 10.0 Å². The Hall–Kier alpha value is -2.01. The zero-order valence-corrected chi connectivity index (χ0v) is 15.6. The first-order valence-corrected chi connectivity index (χ1v) is 9.94. The molecule has 0 bridgehead atoms. The van der Waals surface area contributed by atoms with Crippen molar-refractivity contribution in [3.63, 3.8) is 0 Å². The molecule has 0 aliphatic carbocycles. The summed E-state index contributed by atoms with van der Waals surface area (Å²) in [5.41, 5.74) is 5.09. The second kappa shape index (κ2) is 7.71. The molecule has 2 aromatic rings. The van der Waals surface area contributed by atoms with Crippen molar-refractivity contribution < 1.29 is 8.42 Å². The van der Waals surface area contributed by atoms with Gasteiger partial charge in [-0.3, -0.25) is 4.72 Å². The molecule has 5 heteroatoms. The Morgan fingerprint density at radius 3 is 2.21 bits per heavy atom. The van der Waals surface area contributed by atoms with Crippen LogP contribution in [0.3, 0.4) is 0 Å². The summed E-state index contributed by atoms with van der Waals surface area (Å²) in [4.78, 5) is 0. The third-order valence-corrected chi connectivity index (χ3v) is 5.32. The van der Waals surface area contributed by atoms with E-state index in [0.29, 0.717) is 18.0 Å². The van der Waals surface area contributed by atoms with Gasteiger partial charge in [-0.2, -0.15) is 0 Å². The van der Waals surface area contributed by atoms with E-state index in [1.807, 2.05) is 19.1 Å². The molecule has 0 unspecified atom stereocenters. The summed E-state index contributed by atoms with van der Waals surface area (Å²) in [6, 6.07) is 13.6. The average molecular weight is 346 g/mol. The highest BCUT2D eigenvalue weighted by atomic mass is 32.2. The number of sulfonamides is 1. The summed E-state index contributed by atoms with van der Waals surface area (Å²) in [6.07, 6.45) is 0.597. The van der Waals surface area contributed by atoms with Crippen LogP contribution in [0.15, 0.2) is 42.5 Å². The van der Waals surface area contributed by atoms with Crippen LogP contribution in [0, 0.1) is 6.92 Å². The fourth-order valence-electron chi connectivity index (χ4n) is 2.61. The molecule has 2 rings (SSSR count). The highest BCUT2D eigenvalue weighted by molar-refractivity contribution is 7.92. The van der Waals surface area contributed by atoms with Gasteiger partial charge in [-0.15, -0.1) is 0 Å². The molecule has 0 fully saturated rings. The Morgan fingerprint density at radius 1 is 1.00 bits per heavy atom. The third kappa shape index (κ3) is 4.74. The van der Waals surface area contributed by atoms with Crippen molar-refractivity contribution >= 4 is 27.1 Å². The quantitative estimate of drug-likeness (QED) is 0.740. The van der Waals surface area contributed by atoms with Gasteiger partial charge in [-0.1, -0.05) is 39.0 Å². The minimum atomic E-state index is -3.25. The Kier molecular flexibility index (Phi) is 5.89. The van der Waals surface area contributed by atoms with Crippen molar-refractivity contribution in [2.24, 2.45) is 0 Å². The van der Waals surface area contributed by atoms with Crippen molar-refractivity contribution in [1.29, 1.82) is 0 Å². The maximum absolute atomic E-state index is 11.8. The lowest BCUT2D eigenvalue weighted by Gasteiger charge is -2.17. The Morgan fingerprint density at radius 2 is 1.62 bits per heavy atom. The van der Waals surface area contributed by atoms with Gasteiger partial charge in [-0.05, 0) is 54.7 Å². The smallest absolute Gasteiger partial charge is 0.232 e. The molecular weight excluding hydrogens is 320 g/mol. The van der Waals surface area contributed by atoms with Crippen LogP contribution in [-0.2, 0) is 10.0 Å². The van der Waals surface area contributed by atoms with Gasteiger partial charge in [0.2, 0.25) is 10.0 Å². The molecule has 0 radical (unpaired) electrons. The predicted octanol–water partition coefficient (Wildman–Crippen LogP) is 5.01.